The fourth-order valence-electron chi connectivity index (χ4n) is 3.96. The molecule has 7 heteroatoms. The maximum atomic E-state index is 12.4. The molecular weight excluding hydrogens is 356 g/mol. The topological polar surface area (TPSA) is 89.7 Å². The summed E-state index contributed by atoms with van der Waals surface area (Å²) < 4.78 is 5.35. The van der Waals surface area contributed by atoms with Crippen LogP contribution in [0.5, 0.6) is 5.75 Å². The summed E-state index contributed by atoms with van der Waals surface area (Å²) in [6.45, 7) is 2.45. The van der Waals surface area contributed by atoms with Crippen molar-refractivity contribution in [1.29, 1.82) is 5.26 Å². The summed E-state index contributed by atoms with van der Waals surface area (Å²) in [7, 11) is 0. The first-order chi connectivity index (χ1) is 13.7. The minimum absolute atomic E-state index is 0.0749. The fourth-order valence-corrected chi connectivity index (χ4v) is 3.96. The largest absolute Gasteiger partial charge is 0.465 e. The van der Waals surface area contributed by atoms with Crippen molar-refractivity contribution in [3.8, 4) is 11.8 Å². The molecule has 0 amide bonds. The van der Waals surface area contributed by atoms with Crippen LogP contribution in [0.1, 0.15) is 34.5 Å². The minimum Gasteiger partial charge on any atom is -0.465 e. The Kier molecular flexibility index (Phi) is 5.13. The van der Waals surface area contributed by atoms with Gasteiger partial charge < -0.3 is 19.6 Å². The Morgan fingerprint density at radius 3 is 2.50 bits per heavy atom. The van der Waals surface area contributed by atoms with Gasteiger partial charge in [-0.15, -0.1) is 0 Å². The van der Waals surface area contributed by atoms with Gasteiger partial charge in [-0.1, -0.05) is 18.2 Å². The highest BCUT2D eigenvalue weighted by Crippen LogP contribution is 2.37. The summed E-state index contributed by atoms with van der Waals surface area (Å²) in [5.74, 6) is 0.654. The minimum atomic E-state index is -0.584. The molecule has 0 radical (unpaired) electrons. The predicted molar refractivity (Wildman–Crippen MR) is 105 cm³/mol. The molecule has 1 fully saturated rings. The lowest BCUT2D eigenvalue weighted by atomic mass is 9.92. The lowest BCUT2D eigenvalue weighted by Crippen LogP contribution is -2.47. The maximum absolute atomic E-state index is 12.4. The predicted octanol–water partition coefficient (Wildman–Crippen LogP) is 2.13. The number of aryl methyl sites for hydroxylation is 1. The van der Waals surface area contributed by atoms with Crippen LogP contribution in [0, 0.1) is 11.3 Å². The number of nitrogens with zero attached hydrogens (tertiary/aromatic N) is 4. The number of para-hydroxylation sites is 1. The van der Waals surface area contributed by atoms with Crippen molar-refractivity contribution in [2.24, 2.45) is 0 Å². The van der Waals surface area contributed by atoms with Crippen LogP contribution < -0.4 is 14.5 Å². The van der Waals surface area contributed by atoms with Crippen molar-refractivity contribution >= 4 is 17.3 Å². The van der Waals surface area contributed by atoms with Gasteiger partial charge in [0.05, 0.1) is 11.3 Å². The van der Waals surface area contributed by atoms with Gasteiger partial charge in [-0.2, -0.15) is 5.26 Å². The van der Waals surface area contributed by atoms with Gasteiger partial charge in [0.2, 0.25) is 0 Å². The molecule has 144 valence electrons. The van der Waals surface area contributed by atoms with Gasteiger partial charge in [-0.25, -0.2) is 4.98 Å². The van der Waals surface area contributed by atoms with Crippen LogP contribution in [-0.2, 0) is 6.42 Å². The van der Waals surface area contributed by atoms with Gasteiger partial charge in [-0.3, -0.25) is 4.79 Å². The quantitative estimate of drug-likeness (QED) is 0.815. The summed E-state index contributed by atoms with van der Waals surface area (Å²) in [5.41, 5.74) is 2.44. The number of pyridine rings is 1. The van der Waals surface area contributed by atoms with E-state index < -0.39 is 6.79 Å². The van der Waals surface area contributed by atoms with Crippen LogP contribution in [0.25, 0.3) is 0 Å². The van der Waals surface area contributed by atoms with E-state index in [0.717, 1.165) is 19.5 Å². The van der Waals surface area contributed by atoms with E-state index in [4.69, 9.17) is 9.72 Å². The standard InChI is InChI=1S/C21H22N4O3/c22-13-16-20(28-14-26)19-17(7-4-8-18(19)27)23-21(16)25-11-9-24(10-12-25)15-5-2-1-3-6-15/h1-3,5-6,26H,4,7-12,14H2. The van der Waals surface area contributed by atoms with Crippen LogP contribution in [0.2, 0.25) is 0 Å². The highest BCUT2D eigenvalue weighted by molar-refractivity contribution is 6.02. The maximum Gasteiger partial charge on any atom is 0.186 e. The zero-order chi connectivity index (χ0) is 19.5. The van der Waals surface area contributed by atoms with Crippen molar-refractivity contribution in [2.45, 2.75) is 19.3 Å². The number of benzene rings is 1. The van der Waals surface area contributed by atoms with Gasteiger partial charge in [0, 0.05) is 38.3 Å². The summed E-state index contributed by atoms with van der Waals surface area (Å²) >= 11 is 0. The van der Waals surface area contributed by atoms with Gasteiger partial charge in [0.1, 0.15) is 11.6 Å². The van der Waals surface area contributed by atoms with Gasteiger partial charge in [0.15, 0.2) is 24.1 Å². The molecule has 1 aliphatic heterocycles. The number of aliphatic hydroxyl groups is 1. The number of hydrogen-bond donors (Lipinski definition) is 1. The third-order valence-corrected chi connectivity index (χ3v) is 5.32. The molecule has 7 nitrogen and oxygen atoms in total. The van der Waals surface area contributed by atoms with Crippen molar-refractivity contribution in [3.63, 3.8) is 0 Å². The van der Waals surface area contributed by atoms with E-state index in [-0.39, 0.29) is 17.1 Å². The van der Waals surface area contributed by atoms with Gasteiger partial charge in [-0.05, 0) is 25.0 Å². The lowest BCUT2D eigenvalue weighted by molar-refractivity contribution is 0.0899. The van der Waals surface area contributed by atoms with E-state index >= 15 is 0 Å². The van der Waals surface area contributed by atoms with Crippen LogP contribution in [-0.4, -0.2) is 48.8 Å². The van der Waals surface area contributed by atoms with E-state index in [0.29, 0.717) is 43.0 Å². The number of rotatable bonds is 4. The number of aromatic nitrogens is 1. The molecule has 1 aromatic carbocycles. The third-order valence-electron chi connectivity index (χ3n) is 5.32. The fraction of sp³-hybridized carbons (Fsp3) is 0.381. The summed E-state index contributed by atoms with van der Waals surface area (Å²) in [6.07, 6.45) is 1.83. The number of Topliss-reactive ketones (excluding diaryl/α,β-unsaturated/α-hetero) is 1. The summed E-state index contributed by atoms with van der Waals surface area (Å²) in [5, 5.41) is 19.1. The van der Waals surface area contributed by atoms with Crippen LogP contribution >= 0.6 is 0 Å². The van der Waals surface area contributed by atoms with Crippen molar-refractivity contribution in [1.82, 2.24) is 4.98 Å². The van der Waals surface area contributed by atoms with E-state index in [9.17, 15) is 15.2 Å². The number of aliphatic hydroxyl groups excluding tert-OH is 1. The van der Waals surface area contributed by atoms with E-state index in [1.807, 2.05) is 18.2 Å². The number of fused-ring (bicyclic) bond motifs is 1. The van der Waals surface area contributed by atoms with Gasteiger partial charge in [0.25, 0.3) is 0 Å². The second-order valence-electron chi connectivity index (χ2n) is 6.93. The van der Waals surface area contributed by atoms with Crippen molar-refractivity contribution in [3.05, 3.63) is 47.2 Å². The molecule has 1 aromatic heterocycles. The van der Waals surface area contributed by atoms with Crippen LogP contribution in [0.3, 0.4) is 0 Å². The Labute approximate surface area is 163 Å². The second kappa shape index (κ2) is 7.87. The number of nitriles is 1. The zero-order valence-corrected chi connectivity index (χ0v) is 15.6. The van der Waals surface area contributed by atoms with E-state index in [2.05, 4.69) is 28.0 Å². The average Bonchev–Trinajstić information content (AvgIpc) is 2.74. The second-order valence-corrected chi connectivity index (χ2v) is 6.93. The summed E-state index contributed by atoms with van der Waals surface area (Å²) in [4.78, 5) is 21.5. The van der Waals surface area contributed by atoms with Gasteiger partial charge >= 0.3 is 0 Å². The highest BCUT2D eigenvalue weighted by atomic mass is 16.6. The molecule has 0 spiro atoms. The molecule has 1 aliphatic carbocycles. The number of carbonyl (C=O) groups excluding carboxylic acids is 1. The zero-order valence-electron chi connectivity index (χ0n) is 15.6. The first-order valence-corrected chi connectivity index (χ1v) is 9.51. The highest BCUT2D eigenvalue weighted by Gasteiger charge is 2.31. The van der Waals surface area contributed by atoms with Crippen LogP contribution in [0.15, 0.2) is 30.3 Å². The Bertz CT molecular complexity index is 915. The summed E-state index contributed by atoms with van der Waals surface area (Å²) in [6, 6.07) is 12.4. The molecule has 0 atom stereocenters. The Morgan fingerprint density at radius 1 is 1.11 bits per heavy atom. The molecule has 1 saturated heterocycles. The van der Waals surface area contributed by atoms with E-state index in [1.54, 1.807) is 0 Å². The number of ketones is 1. The monoisotopic (exact) mass is 378 g/mol. The third kappa shape index (κ3) is 3.27. The van der Waals surface area contributed by atoms with Crippen molar-refractivity contribution in [2.75, 3.05) is 42.8 Å². The smallest absolute Gasteiger partial charge is 0.186 e. The Hall–Kier alpha value is -3.11. The Morgan fingerprint density at radius 2 is 1.82 bits per heavy atom. The molecule has 2 heterocycles. The number of piperazine rings is 1. The van der Waals surface area contributed by atoms with Crippen LogP contribution in [0.4, 0.5) is 11.5 Å². The van der Waals surface area contributed by atoms with Crippen molar-refractivity contribution < 1.29 is 14.6 Å². The lowest BCUT2D eigenvalue weighted by Gasteiger charge is -2.37. The molecular formula is C21H22N4O3. The first kappa shape index (κ1) is 18.3. The molecule has 1 N–H and O–H groups in total. The molecule has 2 aromatic rings. The first-order valence-electron chi connectivity index (χ1n) is 9.51. The SMILES string of the molecule is N#Cc1c(N2CCN(c3ccccc3)CC2)nc2c(c1OCO)C(=O)CCC2. The Balaban J connectivity index is 1.66. The van der Waals surface area contributed by atoms with E-state index in [1.165, 1.54) is 5.69 Å². The molecule has 0 saturated carbocycles. The number of carbonyl (C=O) groups is 1. The number of ether oxygens (including phenoxy) is 1. The molecule has 28 heavy (non-hydrogen) atoms. The normalized spacial score (nSPS) is 16.5. The molecule has 0 bridgehead atoms. The average molecular weight is 378 g/mol. The number of hydrogen-bond acceptors (Lipinski definition) is 7. The molecule has 4 rings (SSSR count). The molecule has 0 unspecified atom stereocenters. The molecule has 2 aliphatic rings. The number of anilines is 2.